The number of fused-ring (bicyclic) bond motifs is 1. The largest absolute Gasteiger partial charge is 0.482 e. The van der Waals surface area contributed by atoms with Crippen molar-refractivity contribution in [3.63, 3.8) is 0 Å². The van der Waals surface area contributed by atoms with Gasteiger partial charge in [-0.2, -0.15) is 4.72 Å². The molecule has 0 saturated carbocycles. The minimum absolute atomic E-state index is 0.168. The molecule has 28 heavy (non-hydrogen) atoms. The van der Waals surface area contributed by atoms with E-state index in [0.717, 1.165) is 0 Å². The number of aryl methyl sites for hydroxylation is 1. The lowest BCUT2D eigenvalue weighted by atomic mass is 10.1. The molecule has 2 aromatic carbocycles. The number of aliphatic carboxylic acids is 1. The highest BCUT2D eigenvalue weighted by Gasteiger charge is 2.29. The number of halogens is 1. The summed E-state index contributed by atoms with van der Waals surface area (Å²) in [6.45, 7) is 1.36. The van der Waals surface area contributed by atoms with Crippen LogP contribution in [0.15, 0.2) is 41.3 Å². The number of hydrogen-bond donors (Lipinski definition) is 3. The summed E-state index contributed by atoms with van der Waals surface area (Å²) in [5, 5.41) is 11.9. The predicted molar refractivity (Wildman–Crippen MR) is 97.2 cm³/mol. The van der Waals surface area contributed by atoms with E-state index in [4.69, 9.17) is 4.74 Å². The van der Waals surface area contributed by atoms with Crippen LogP contribution in [0.1, 0.15) is 11.1 Å². The zero-order chi connectivity index (χ0) is 20.5. The zero-order valence-corrected chi connectivity index (χ0v) is 15.5. The first-order valence-electron chi connectivity index (χ1n) is 8.22. The number of benzene rings is 2. The molecule has 3 rings (SSSR count). The van der Waals surface area contributed by atoms with Gasteiger partial charge in [-0.05, 0) is 48.7 Å². The number of carboxylic acids is 1. The van der Waals surface area contributed by atoms with Gasteiger partial charge < -0.3 is 15.2 Å². The molecular formula is C18H17FN2O6S. The number of carbonyl (C=O) groups is 2. The lowest BCUT2D eigenvalue weighted by Crippen LogP contribution is -2.42. The van der Waals surface area contributed by atoms with E-state index in [2.05, 4.69) is 10.0 Å². The maximum atomic E-state index is 13.0. The van der Waals surface area contributed by atoms with Crippen LogP contribution in [-0.2, 0) is 26.0 Å². The molecule has 3 N–H and O–H groups in total. The number of carboxylic acid groups (broad SMARTS) is 1. The quantitative estimate of drug-likeness (QED) is 0.665. The van der Waals surface area contributed by atoms with Crippen LogP contribution in [0.2, 0.25) is 0 Å². The first-order valence-corrected chi connectivity index (χ1v) is 9.71. The van der Waals surface area contributed by atoms with Gasteiger partial charge in [0.05, 0.1) is 10.6 Å². The van der Waals surface area contributed by atoms with Crippen molar-refractivity contribution in [3.8, 4) is 5.75 Å². The van der Waals surface area contributed by atoms with Gasteiger partial charge in [-0.15, -0.1) is 0 Å². The van der Waals surface area contributed by atoms with E-state index in [1.54, 1.807) is 0 Å². The summed E-state index contributed by atoms with van der Waals surface area (Å²) in [5.41, 5.74) is 0.972. The molecule has 10 heteroatoms. The molecular weight excluding hydrogens is 391 g/mol. The Morgan fingerprint density at radius 3 is 2.64 bits per heavy atom. The number of anilines is 1. The average Bonchev–Trinajstić information content (AvgIpc) is 2.62. The molecule has 1 aliphatic heterocycles. The van der Waals surface area contributed by atoms with E-state index in [-0.39, 0.29) is 23.6 Å². The average molecular weight is 408 g/mol. The van der Waals surface area contributed by atoms with Crippen LogP contribution in [0.4, 0.5) is 10.1 Å². The second-order valence-electron chi connectivity index (χ2n) is 6.29. The van der Waals surface area contributed by atoms with Crippen LogP contribution >= 0.6 is 0 Å². The Labute approximate surface area is 160 Å². The van der Waals surface area contributed by atoms with Crippen molar-refractivity contribution in [1.29, 1.82) is 0 Å². The molecule has 0 saturated heterocycles. The fourth-order valence-corrected chi connectivity index (χ4v) is 4.23. The summed E-state index contributed by atoms with van der Waals surface area (Å²) in [7, 11) is -4.23. The van der Waals surface area contributed by atoms with E-state index < -0.39 is 33.8 Å². The maximum Gasteiger partial charge on any atom is 0.322 e. The first-order chi connectivity index (χ1) is 13.2. The van der Waals surface area contributed by atoms with Crippen molar-refractivity contribution < 1.29 is 32.2 Å². The number of amides is 1. The number of sulfonamides is 1. The molecule has 148 valence electrons. The number of ether oxygens (including phenoxy) is 1. The third kappa shape index (κ3) is 4.29. The highest BCUT2D eigenvalue weighted by Crippen LogP contribution is 2.32. The Morgan fingerprint density at radius 1 is 1.32 bits per heavy atom. The van der Waals surface area contributed by atoms with Crippen molar-refractivity contribution in [2.45, 2.75) is 24.3 Å². The number of rotatable bonds is 6. The molecule has 1 atom stereocenters. The van der Waals surface area contributed by atoms with Gasteiger partial charge in [0.15, 0.2) is 6.61 Å². The van der Waals surface area contributed by atoms with Gasteiger partial charge in [0.25, 0.3) is 5.91 Å². The molecule has 0 spiro atoms. The van der Waals surface area contributed by atoms with Gasteiger partial charge in [0, 0.05) is 0 Å². The number of nitrogens with one attached hydrogen (secondary N) is 2. The van der Waals surface area contributed by atoms with Crippen LogP contribution in [0, 0.1) is 12.7 Å². The SMILES string of the molecule is Cc1cc2c(cc1S(=O)(=O)NC(Cc1ccc(F)cc1)C(=O)O)NC(=O)CO2. The van der Waals surface area contributed by atoms with Crippen LogP contribution in [0.3, 0.4) is 0 Å². The third-order valence-electron chi connectivity index (χ3n) is 4.15. The highest BCUT2D eigenvalue weighted by atomic mass is 32.2. The van der Waals surface area contributed by atoms with Gasteiger partial charge in [-0.1, -0.05) is 12.1 Å². The van der Waals surface area contributed by atoms with E-state index in [9.17, 15) is 27.5 Å². The Hall–Kier alpha value is -2.98. The minimum Gasteiger partial charge on any atom is -0.482 e. The van der Waals surface area contributed by atoms with Gasteiger partial charge in [0.1, 0.15) is 17.6 Å². The van der Waals surface area contributed by atoms with Crippen molar-refractivity contribution in [2.24, 2.45) is 0 Å². The van der Waals surface area contributed by atoms with Gasteiger partial charge in [0.2, 0.25) is 10.0 Å². The Balaban J connectivity index is 1.88. The molecule has 1 amide bonds. The molecule has 0 aliphatic carbocycles. The Bertz CT molecular complexity index is 1040. The predicted octanol–water partition coefficient (Wildman–Crippen LogP) is 1.44. The third-order valence-corrected chi connectivity index (χ3v) is 5.76. The smallest absolute Gasteiger partial charge is 0.322 e. The van der Waals surface area contributed by atoms with Crippen molar-refractivity contribution in [3.05, 3.63) is 53.3 Å². The molecule has 1 unspecified atom stereocenters. The number of carbonyl (C=O) groups excluding carboxylic acids is 1. The monoisotopic (exact) mass is 408 g/mol. The Morgan fingerprint density at radius 2 is 2.00 bits per heavy atom. The van der Waals surface area contributed by atoms with Crippen LogP contribution in [-0.4, -0.2) is 38.0 Å². The lowest BCUT2D eigenvalue weighted by Gasteiger charge is -2.21. The summed E-state index contributed by atoms with van der Waals surface area (Å²) in [4.78, 5) is 22.8. The molecule has 0 aromatic heterocycles. The van der Waals surface area contributed by atoms with Gasteiger partial charge in [-0.3, -0.25) is 9.59 Å². The van der Waals surface area contributed by atoms with E-state index in [1.807, 2.05) is 0 Å². The lowest BCUT2D eigenvalue weighted by molar-refractivity contribution is -0.138. The Kier molecular flexibility index (Phi) is 5.34. The minimum atomic E-state index is -4.23. The standard InChI is InChI=1S/C18H17FN2O6S/c1-10-6-15-13(20-17(22)9-27-15)8-16(10)28(25,26)21-14(18(23)24)7-11-2-4-12(19)5-3-11/h2-6,8,14,21H,7,9H2,1H3,(H,20,22)(H,23,24). The van der Waals surface area contributed by atoms with Gasteiger partial charge in [-0.25, -0.2) is 12.8 Å². The molecule has 2 aromatic rings. The summed E-state index contributed by atoms with van der Waals surface area (Å²) >= 11 is 0. The van der Waals surface area contributed by atoms with Crippen molar-refractivity contribution in [1.82, 2.24) is 4.72 Å². The highest BCUT2D eigenvalue weighted by molar-refractivity contribution is 7.89. The van der Waals surface area contributed by atoms with E-state index in [1.165, 1.54) is 43.3 Å². The van der Waals surface area contributed by atoms with E-state index in [0.29, 0.717) is 16.9 Å². The summed E-state index contributed by atoms with van der Waals surface area (Å²) in [6, 6.07) is 6.32. The fraction of sp³-hybridized carbons (Fsp3) is 0.222. The molecule has 8 nitrogen and oxygen atoms in total. The topological polar surface area (TPSA) is 122 Å². The van der Waals surface area contributed by atoms with Crippen molar-refractivity contribution in [2.75, 3.05) is 11.9 Å². The normalized spacial score (nSPS) is 14.6. The molecule has 1 heterocycles. The first kappa shape index (κ1) is 19.8. The van der Waals surface area contributed by atoms with Crippen molar-refractivity contribution >= 4 is 27.6 Å². The van der Waals surface area contributed by atoms with Crippen LogP contribution < -0.4 is 14.8 Å². The summed E-state index contributed by atoms with van der Waals surface area (Å²) in [5.74, 6) is -1.95. The summed E-state index contributed by atoms with van der Waals surface area (Å²) in [6.07, 6.45) is -0.168. The molecule has 0 bridgehead atoms. The fourth-order valence-electron chi connectivity index (χ4n) is 2.78. The number of hydrogen-bond acceptors (Lipinski definition) is 5. The van der Waals surface area contributed by atoms with E-state index >= 15 is 0 Å². The molecule has 0 fully saturated rings. The summed E-state index contributed by atoms with van der Waals surface area (Å²) < 4.78 is 46.0. The molecule has 1 aliphatic rings. The van der Waals surface area contributed by atoms with Crippen LogP contribution in [0.5, 0.6) is 5.75 Å². The van der Waals surface area contributed by atoms with Gasteiger partial charge >= 0.3 is 5.97 Å². The second-order valence-corrected chi connectivity index (χ2v) is 7.98. The molecule has 0 radical (unpaired) electrons. The second kappa shape index (κ2) is 7.56. The zero-order valence-electron chi connectivity index (χ0n) is 14.7. The van der Waals surface area contributed by atoms with Crippen LogP contribution in [0.25, 0.3) is 0 Å². The maximum absolute atomic E-state index is 13.0.